The molecule has 0 saturated heterocycles. The van der Waals surface area contributed by atoms with Gasteiger partial charge in [0.05, 0.1) is 0 Å². The van der Waals surface area contributed by atoms with Crippen LogP contribution in [0.25, 0.3) is 0 Å². The highest BCUT2D eigenvalue weighted by Gasteiger charge is 2.16. The van der Waals surface area contributed by atoms with E-state index in [-0.39, 0.29) is 39.9 Å². The molecule has 0 unspecified atom stereocenters. The molecule has 0 radical (unpaired) electrons. The predicted octanol–water partition coefficient (Wildman–Crippen LogP) is 3.27. The minimum atomic E-state index is -0.379. The first kappa shape index (κ1) is 16.3. The van der Waals surface area contributed by atoms with Gasteiger partial charge in [-0.15, -0.1) is 0 Å². The monoisotopic (exact) mass is 334 g/mol. The van der Waals surface area contributed by atoms with Gasteiger partial charge in [-0.05, 0) is 66.7 Å². The van der Waals surface area contributed by atoms with E-state index in [0.29, 0.717) is 11.1 Å². The number of phenols is 3. The van der Waals surface area contributed by atoms with Gasteiger partial charge >= 0.3 is 0 Å². The molecule has 0 amide bonds. The summed E-state index contributed by atoms with van der Waals surface area (Å²) >= 11 is 0. The van der Waals surface area contributed by atoms with Gasteiger partial charge in [-0.25, -0.2) is 0 Å². The quantitative estimate of drug-likeness (QED) is 0.637. The Hall–Kier alpha value is -3.60. The maximum atomic E-state index is 12.5. The van der Waals surface area contributed by atoms with Gasteiger partial charge in [0.1, 0.15) is 17.2 Å². The lowest BCUT2D eigenvalue weighted by atomic mass is 9.97. The summed E-state index contributed by atoms with van der Waals surface area (Å²) in [6.07, 6.45) is 0. The van der Waals surface area contributed by atoms with Gasteiger partial charge in [0.15, 0.2) is 11.6 Å². The van der Waals surface area contributed by atoms with Gasteiger partial charge < -0.3 is 15.3 Å². The molecule has 5 heteroatoms. The third-order valence-corrected chi connectivity index (χ3v) is 3.70. The van der Waals surface area contributed by atoms with Crippen molar-refractivity contribution in [2.45, 2.75) is 0 Å². The summed E-state index contributed by atoms with van der Waals surface area (Å²) in [6.45, 7) is 0. The number of carbonyl (C=O) groups is 2. The highest BCUT2D eigenvalue weighted by molar-refractivity contribution is 6.13. The Morgan fingerprint density at radius 1 is 0.480 bits per heavy atom. The number of benzene rings is 3. The molecule has 124 valence electrons. The Labute approximate surface area is 143 Å². The second kappa shape index (κ2) is 6.49. The maximum absolute atomic E-state index is 12.5. The van der Waals surface area contributed by atoms with Crippen molar-refractivity contribution in [3.8, 4) is 17.2 Å². The van der Waals surface area contributed by atoms with Crippen LogP contribution in [-0.4, -0.2) is 26.9 Å². The first-order valence-corrected chi connectivity index (χ1v) is 7.45. The van der Waals surface area contributed by atoms with E-state index < -0.39 is 0 Å². The molecule has 25 heavy (non-hydrogen) atoms. The van der Waals surface area contributed by atoms with Gasteiger partial charge in [0, 0.05) is 22.3 Å². The molecular weight excluding hydrogens is 320 g/mol. The lowest BCUT2D eigenvalue weighted by Gasteiger charge is -2.07. The number of hydrogen-bond donors (Lipinski definition) is 3. The summed E-state index contributed by atoms with van der Waals surface area (Å²) in [5.74, 6) is -0.885. The lowest BCUT2D eigenvalue weighted by Crippen LogP contribution is -2.06. The minimum Gasteiger partial charge on any atom is -0.508 e. The fourth-order valence-electron chi connectivity index (χ4n) is 2.43. The van der Waals surface area contributed by atoms with Crippen molar-refractivity contribution < 1.29 is 24.9 Å². The standard InChI is InChI=1S/C20H14O5/c21-16-5-1-12(2-6-16)19(24)14-9-15(11-18(23)10-14)20(25)13-3-7-17(22)8-4-13/h1-11,21-23H. The smallest absolute Gasteiger partial charge is 0.193 e. The van der Waals surface area contributed by atoms with Crippen LogP contribution < -0.4 is 0 Å². The Balaban J connectivity index is 1.97. The van der Waals surface area contributed by atoms with Crippen LogP contribution in [0, 0.1) is 0 Å². The number of phenolic OH excluding ortho intramolecular Hbond substituents is 3. The van der Waals surface area contributed by atoms with E-state index >= 15 is 0 Å². The third-order valence-electron chi connectivity index (χ3n) is 3.70. The van der Waals surface area contributed by atoms with Crippen molar-refractivity contribution >= 4 is 11.6 Å². The number of carbonyl (C=O) groups excluding carboxylic acids is 2. The van der Waals surface area contributed by atoms with E-state index in [1.807, 2.05) is 0 Å². The van der Waals surface area contributed by atoms with Gasteiger partial charge in [0.25, 0.3) is 0 Å². The molecule has 5 nitrogen and oxygen atoms in total. The average molecular weight is 334 g/mol. The molecule has 0 aliphatic rings. The second-order valence-corrected chi connectivity index (χ2v) is 5.52. The summed E-state index contributed by atoms with van der Waals surface area (Å²) in [4.78, 5) is 25.1. The lowest BCUT2D eigenvalue weighted by molar-refractivity contribution is 0.103. The van der Waals surface area contributed by atoms with Crippen molar-refractivity contribution in [3.63, 3.8) is 0 Å². The molecule has 0 atom stereocenters. The largest absolute Gasteiger partial charge is 0.508 e. The van der Waals surface area contributed by atoms with Crippen molar-refractivity contribution in [2.75, 3.05) is 0 Å². The molecule has 3 rings (SSSR count). The Bertz CT molecular complexity index is 865. The second-order valence-electron chi connectivity index (χ2n) is 5.52. The van der Waals surface area contributed by atoms with E-state index in [9.17, 15) is 24.9 Å². The zero-order valence-electron chi connectivity index (χ0n) is 13.0. The SMILES string of the molecule is O=C(c1ccc(O)cc1)c1cc(O)cc(C(=O)c2ccc(O)cc2)c1. The molecule has 3 aromatic rings. The maximum Gasteiger partial charge on any atom is 0.193 e. The van der Waals surface area contributed by atoms with Crippen LogP contribution in [0.5, 0.6) is 17.2 Å². The first-order chi connectivity index (χ1) is 11.9. The molecular formula is C20H14O5. The molecule has 0 aliphatic carbocycles. The molecule has 3 N–H and O–H groups in total. The van der Waals surface area contributed by atoms with Crippen LogP contribution in [0.15, 0.2) is 66.7 Å². The van der Waals surface area contributed by atoms with Crippen LogP contribution in [0.1, 0.15) is 31.8 Å². The molecule has 0 saturated carbocycles. The van der Waals surface area contributed by atoms with Gasteiger partial charge in [-0.3, -0.25) is 9.59 Å². The van der Waals surface area contributed by atoms with E-state index in [1.165, 1.54) is 66.7 Å². The van der Waals surface area contributed by atoms with Crippen LogP contribution >= 0.6 is 0 Å². The summed E-state index contributed by atoms with van der Waals surface area (Å²) in [5.41, 5.74) is 0.971. The Morgan fingerprint density at radius 2 is 0.840 bits per heavy atom. The normalized spacial score (nSPS) is 10.4. The molecule has 0 spiro atoms. The van der Waals surface area contributed by atoms with E-state index in [0.717, 1.165) is 0 Å². The topological polar surface area (TPSA) is 94.8 Å². The first-order valence-electron chi connectivity index (χ1n) is 7.45. The van der Waals surface area contributed by atoms with Gasteiger partial charge in [0.2, 0.25) is 0 Å². The highest BCUT2D eigenvalue weighted by Crippen LogP contribution is 2.22. The minimum absolute atomic E-state index is 0.0376. The number of hydrogen-bond acceptors (Lipinski definition) is 5. The van der Waals surface area contributed by atoms with E-state index in [2.05, 4.69) is 0 Å². The number of ketones is 2. The van der Waals surface area contributed by atoms with Crippen LogP contribution in [0.4, 0.5) is 0 Å². The summed E-state index contributed by atoms with van der Waals surface area (Å²) < 4.78 is 0. The zero-order chi connectivity index (χ0) is 18.0. The van der Waals surface area contributed by atoms with Crippen molar-refractivity contribution in [2.24, 2.45) is 0 Å². The highest BCUT2D eigenvalue weighted by atomic mass is 16.3. The predicted molar refractivity (Wildman–Crippen MR) is 91.2 cm³/mol. The van der Waals surface area contributed by atoms with Crippen molar-refractivity contribution in [1.29, 1.82) is 0 Å². The van der Waals surface area contributed by atoms with Crippen LogP contribution in [0.3, 0.4) is 0 Å². The third kappa shape index (κ3) is 3.50. The van der Waals surface area contributed by atoms with E-state index in [4.69, 9.17) is 0 Å². The molecule has 0 aromatic heterocycles. The summed E-state index contributed by atoms with van der Waals surface area (Å²) in [6, 6.07) is 15.4. The zero-order valence-corrected chi connectivity index (χ0v) is 13.0. The van der Waals surface area contributed by atoms with Crippen LogP contribution in [-0.2, 0) is 0 Å². The fourth-order valence-corrected chi connectivity index (χ4v) is 2.43. The fraction of sp³-hybridized carbons (Fsp3) is 0. The molecule has 0 aliphatic heterocycles. The Morgan fingerprint density at radius 3 is 1.20 bits per heavy atom. The Kier molecular flexibility index (Phi) is 4.22. The van der Waals surface area contributed by atoms with Crippen molar-refractivity contribution in [3.05, 3.63) is 89.0 Å². The van der Waals surface area contributed by atoms with E-state index in [1.54, 1.807) is 0 Å². The molecule has 3 aromatic carbocycles. The number of aromatic hydroxyl groups is 3. The summed E-state index contributed by atoms with van der Waals surface area (Å²) in [7, 11) is 0. The molecule has 0 fully saturated rings. The average Bonchev–Trinajstić information content (AvgIpc) is 2.61. The van der Waals surface area contributed by atoms with Crippen LogP contribution in [0.2, 0.25) is 0 Å². The summed E-state index contributed by atoms with van der Waals surface area (Å²) in [5, 5.41) is 28.5. The number of rotatable bonds is 4. The van der Waals surface area contributed by atoms with Gasteiger partial charge in [-0.2, -0.15) is 0 Å². The van der Waals surface area contributed by atoms with Crippen molar-refractivity contribution in [1.82, 2.24) is 0 Å². The molecule has 0 bridgehead atoms. The van der Waals surface area contributed by atoms with Gasteiger partial charge in [-0.1, -0.05) is 0 Å². The molecule has 0 heterocycles.